The quantitative estimate of drug-likeness (QED) is 0.532. The van der Waals surface area contributed by atoms with Gasteiger partial charge in [-0.15, -0.1) is 0 Å². The van der Waals surface area contributed by atoms with Crippen molar-refractivity contribution in [3.05, 3.63) is 0 Å². The molecule has 9 heavy (non-hydrogen) atoms. The molecular formula is C6H12N2O. The van der Waals surface area contributed by atoms with Gasteiger partial charge in [-0.1, -0.05) is 0 Å². The Balaban J connectivity index is 2.17. The molecule has 1 aliphatic rings. The predicted octanol–water partition coefficient (Wildman–Crippen LogP) is -0.388. The molecule has 0 radical (unpaired) electrons. The van der Waals surface area contributed by atoms with Gasteiger partial charge < -0.3 is 11.1 Å². The van der Waals surface area contributed by atoms with E-state index in [1.54, 1.807) is 6.92 Å². The van der Waals surface area contributed by atoms with Crippen LogP contribution in [0.4, 0.5) is 0 Å². The number of nitrogens with two attached hydrogens (primary N) is 1. The molecule has 3 N–H and O–H groups in total. The minimum absolute atomic E-state index is 0.0301. The first-order valence-corrected chi connectivity index (χ1v) is 3.26. The molecule has 3 heteroatoms. The smallest absolute Gasteiger partial charge is 0.236 e. The van der Waals surface area contributed by atoms with Crippen molar-refractivity contribution < 1.29 is 4.79 Å². The number of rotatable bonds is 2. The molecule has 0 saturated heterocycles. The number of nitrogens with one attached hydrogen (secondary N) is 1. The van der Waals surface area contributed by atoms with E-state index in [1.807, 2.05) is 0 Å². The lowest BCUT2D eigenvalue weighted by Crippen LogP contribution is -2.39. The van der Waals surface area contributed by atoms with Gasteiger partial charge in [0.25, 0.3) is 0 Å². The first-order chi connectivity index (χ1) is 4.20. The first kappa shape index (κ1) is 6.55. The van der Waals surface area contributed by atoms with E-state index >= 15 is 0 Å². The predicted molar refractivity (Wildman–Crippen MR) is 34.8 cm³/mol. The maximum atomic E-state index is 10.8. The van der Waals surface area contributed by atoms with Crippen LogP contribution in [0.2, 0.25) is 0 Å². The normalized spacial score (nSPS) is 21.1. The van der Waals surface area contributed by atoms with Gasteiger partial charge in [0.1, 0.15) is 0 Å². The van der Waals surface area contributed by atoms with Crippen LogP contribution in [-0.4, -0.2) is 18.0 Å². The molecular weight excluding hydrogens is 116 g/mol. The van der Waals surface area contributed by atoms with Crippen LogP contribution < -0.4 is 11.1 Å². The Hall–Kier alpha value is -0.570. The average molecular weight is 128 g/mol. The highest BCUT2D eigenvalue weighted by Gasteiger charge is 2.24. The van der Waals surface area contributed by atoms with Crippen molar-refractivity contribution in [1.29, 1.82) is 0 Å². The van der Waals surface area contributed by atoms with Crippen LogP contribution in [0.1, 0.15) is 19.8 Å². The van der Waals surface area contributed by atoms with Crippen molar-refractivity contribution in [2.45, 2.75) is 31.8 Å². The van der Waals surface area contributed by atoms with E-state index in [0.29, 0.717) is 6.04 Å². The van der Waals surface area contributed by atoms with Crippen LogP contribution in [0, 0.1) is 0 Å². The van der Waals surface area contributed by atoms with Gasteiger partial charge in [-0.05, 0) is 19.8 Å². The minimum Gasteiger partial charge on any atom is -0.352 e. The van der Waals surface area contributed by atoms with Gasteiger partial charge >= 0.3 is 0 Å². The summed E-state index contributed by atoms with van der Waals surface area (Å²) in [5.74, 6) is -0.0301. The Morgan fingerprint density at radius 3 is 2.67 bits per heavy atom. The fourth-order valence-corrected chi connectivity index (χ4v) is 0.560. The summed E-state index contributed by atoms with van der Waals surface area (Å²) in [6.45, 7) is 1.69. The molecule has 0 aliphatic heterocycles. The third-order valence-corrected chi connectivity index (χ3v) is 1.34. The summed E-state index contributed by atoms with van der Waals surface area (Å²) in [7, 11) is 0. The lowest BCUT2D eigenvalue weighted by atomic mass is 10.3. The van der Waals surface area contributed by atoms with E-state index in [-0.39, 0.29) is 11.9 Å². The first-order valence-electron chi connectivity index (χ1n) is 3.26. The van der Waals surface area contributed by atoms with Crippen molar-refractivity contribution in [1.82, 2.24) is 5.32 Å². The largest absolute Gasteiger partial charge is 0.352 e. The SMILES string of the molecule is CC(N)C(=O)NC1CC1. The van der Waals surface area contributed by atoms with E-state index in [9.17, 15) is 4.79 Å². The van der Waals surface area contributed by atoms with Crippen LogP contribution in [0.25, 0.3) is 0 Å². The molecule has 0 aromatic rings. The van der Waals surface area contributed by atoms with Gasteiger partial charge in [0.2, 0.25) is 5.91 Å². The summed E-state index contributed by atoms with van der Waals surface area (Å²) < 4.78 is 0. The van der Waals surface area contributed by atoms with E-state index < -0.39 is 0 Å². The molecule has 1 amide bonds. The second-order valence-corrected chi connectivity index (χ2v) is 2.57. The number of amides is 1. The van der Waals surface area contributed by atoms with Crippen molar-refractivity contribution in [3.8, 4) is 0 Å². The molecule has 0 heterocycles. The van der Waals surface area contributed by atoms with Crippen LogP contribution in [0.5, 0.6) is 0 Å². The zero-order valence-corrected chi connectivity index (χ0v) is 5.55. The zero-order chi connectivity index (χ0) is 6.85. The maximum absolute atomic E-state index is 10.8. The number of carbonyl (C=O) groups excluding carboxylic acids is 1. The van der Waals surface area contributed by atoms with Crippen LogP contribution in [0.15, 0.2) is 0 Å². The van der Waals surface area contributed by atoms with Gasteiger partial charge in [0, 0.05) is 6.04 Å². The van der Waals surface area contributed by atoms with Crippen molar-refractivity contribution in [2.24, 2.45) is 5.73 Å². The molecule has 1 fully saturated rings. The molecule has 52 valence electrons. The summed E-state index contributed by atoms with van der Waals surface area (Å²) in [6, 6.07) is 0.0779. The Kier molecular flexibility index (Phi) is 1.71. The second kappa shape index (κ2) is 2.35. The highest BCUT2D eigenvalue weighted by molar-refractivity contribution is 5.81. The van der Waals surface area contributed by atoms with Crippen molar-refractivity contribution in [2.75, 3.05) is 0 Å². The third kappa shape index (κ3) is 2.01. The third-order valence-electron chi connectivity index (χ3n) is 1.34. The van der Waals surface area contributed by atoms with Crippen molar-refractivity contribution in [3.63, 3.8) is 0 Å². The minimum atomic E-state index is -0.356. The molecule has 0 spiro atoms. The highest BCUT2D eigenvalue weighted by Crippen LogP contribution is 2.18. The van der Waals surface area contributed by atoms with Gasteiger partial charge in [-0.2, -0.15) is 0 Å². The fraction of sp³-hybridized carbons (Fsp3) is 0.833. The second-order valence-electron chi connectivity index (χ2n) is 2.57. The molecule has 1 aliphatic carbocycles. The molecule has 1 atom stereocenters. The number of hydrogen-bond donors (Lipinski definition) is 2. The van der Waals surface area contributed by atoms with Gasteiger partial charge in [0.15, 0.2) is 0 Å². The fourth-order valence-electron chi connectivity index (χ4n) is 0.560. The van der Waals surface area contributed by atoms with Gasteiger partial charge in [-0.3, -0.25) is 4.79 Å². The van der Waals surface area contributed by atoms with E-state index in [1.165, 1.54) is 0 Å². The van der Waals surface area contributed by atoms with Crippen LogP contribution >= 0.6 is 0 Å². The summed E-state index contributed by atoms with van der Waals surface area (Å²) >= 11 is 0. The molecule has 0 aromatic carbocycles. The van der Waals surface area contributed by atoms with Crippen LogP contribution in [-0.2, 0) is 4.79 Å². The Morgan fingerprint density at radius 2 is 2.33 bits per heavy atom. The van der Waals surface area contributed by atoms with E-state index in [0.717, 1.165) is 12.8 Å². The summed E-state index contributed by atoms with van der Waals surface area (Å²) in [6.07, 6.45) is 2.25. The maximum Gasteiger partial charge on any atom is 0.236 e. The Labute approximate surface area is 54.6 Å². The summed E-state index contributed by atoms with van der Waals surface area (Å²) in [5, 5.41) is 2.79. The topological polar surface area (TPSA) is 55.1 Å². The number of hydrogen-bond acceptors (Lipinski definition) is 2. The monoisotopic (exact) mass is 128 g/mol. The lowest BCUT2D eigenvalue weighted by Gasteiger charge is -2.04. The number of carbonyl (C=O) groups is 1. The average Bonchev–Trinajstić information content (AvgIpc) is 2.50. The van der Waals surface area contributed by atoms with E-state index in [4.69, 9.17) is 5.73 Å². The Morgan fingerprint density at radius 1 is 1.78 bits per heavy atom. The van der Waals surface area contributed by atoms with Crippen molar-refractivity contribution >= 4 is 5.91 Å². The Bertz CT molecular complexity index is 118. The highest BCUT2D eigenvalue weighted by atomic mass is 16.2. The summed E-state index contributed by atoms with van der Waals surface area (Å²) in [4.78, 5) is 10.8. The molecule has 0 bridgehead atoms. The molecule has 1 rings (SSSR count). The van der Waals surface area contributed by atoms with Gasteiger partial charge in [-0.25, -0.2) is 0 Å². The standard InChI is InChI=1S/C6H12N2O/c1-4(7)6(9)8-5-2-3-5/h4-5H,2-3,7H2,1H3,(H,8,9). The molecule has 0 aromatic heterocycles. The van der Waals surface area contributed by atoms with Gasteiger partial charge in [0.05, 0.1) is 6.04 Å². The lowest BCUT2D eigenvalue weighted by molar-refractivity contribution is -0.122. The van der Waals surface area contributed by atoms with Crippen LogP contribution in [0.3, 0.4) is 0 Å². The molecule has 3 nitrogen and oxygen atoms in total. The van der Waals surface area contributed by atoms with E-state index in [2.05, 4.69) is 5.32 Å². The molecule has 1 unspecified atom stereocenters. The zero-order valence-electron chi connectivity index (χ0n) is 5.55. The summed E-state index contributed by atoms with van der Waals surface area (Å²) in [5.41, 5.74) is 5.30. The molecule has 1 saturated carbocycles.